The van der Waals surface area contributed by atoms with Crippen LogP contribution in [0.4, 0.5) is 5.69 Å². The summed E-state index contributed by atoms with van der Waals surface area (Å²) in [5, 5.41) is 20.7. The maximum absolute atomic E-state index is 11.9. The first-order chi connectivity index (χ1) is 12.1. The van der Waals surface area contributed by atoms with Crippen LogP contribution in [-0.4, -0.2) is 31.3 Å². The molecule has 1 aliphatic carbocycles. The predicted molar refractivity (Wildman–Crippen MR) is 93.0 cm³/mol. The van der Waals surface area contributed by atoms with Gasteiger partial charge in [-0.05, 0) is 36.4 Å². The van der Waals surface area contributed by atoms with Crippen LogP contribution in [0, 0.1) is 0 Å². The first-order valence-electron chi connectivity index (χ1n) is 7.61. The number of pyridine rings is 1. The highest BCUT2D eigenvalue weighted by Gasteiger charge is 2.20. The normalized spacial score (nSPS) is 14.7. The lowest BCUT2D eigenvalue weighted by Crippen LogP contribution is -2.13. The molecule has 2 aromatic heterocycles. The molecule has 0 spiro atoms. The Bertz CT molecular complexity index is 1030. The molecule has 0 radical (unpaired) electrons. The quantitative estimate of drug-likeness (QED) is 0.755. The average molecular weight is 331 g/mol. The van der Waals surface area contributed by atoms with Crippen molar-refractivity contribution in [1.29, 1.82) is 0 Å². The zero-order valence-corrected chi connectivity index (χ0v) is 13.0. The van der Waals surface area contributed by atoms with Crippen LogP contribution < -0.4 is 0 Å². The predicted octanol–water partition coefficient (Wildman–Crippen LogP) is 3.16. The SMILES string of the molecule is O=C1C=CC(=Nc2cc(O)n(-c3ccccc3)c2O)c2cccnc21. The van der Waals surface area contributed by atoms with Gasteiger partial charge in [-0.2, -0.15) is 0 Å². The summed E-state index contributed by atoms with van der Waals surface area (Å²) in [6.07, 6.45) is 4.50. The van der Waals surface area contributed by atoms with Crippen molar-refractivity contribution in [2.45, 2.75) is 0 Å². The van der Waals surface area contributed by atoms with Crippen molar-refractivity contribution in [2.75, 3.05) is 0 Å². The Morgan fingerprint density at radius 3 is 2.60 bits per heavy atom. The summed E-state index contributed by atoms with van der Waals surface area (Å²) < 4.78 is 1.29. The Morgan fingerprint density at radius 1 is 1.00 bits per heavy atom. The van der Waals surface area contributed by atoms with E-state index in [2.05, 4.69) is 9.98 Å². The number of hydrogen-bond acceptors (Lipinski definition) is 5. The van der Waals surface area contributed by atoms with E-state index in [1.165, 1.54) is 16.7 Å². The molecule has 4 rings (SSSR count). The Hall–Kier alpha value is -3.67. The van der Waals surface area contributed by atoms with Crippen LogP contribution in [0.5, 0.6) is 11.8 Å². The number of fused-ring (bicyclic) bond motifs is 1. The number of aliphatic imine (C=N–C) groups is 1. The van der Waals surface area contributed by atoms with Gasteiger partial charge in [-0.1, -0.05) is 18.2 Å². The third kappa shape index (κ3) is 2.49. The molecule has 122 valence electrons. The van der Waals surface area contributed by atoms with Gasteiger partial charge in [0.15, 0.2) is 0 Å². The van der Waals surface area contributed by atoms with E-state index in [4.69, 9.17) is 0 Å². The number of allylic oxidation sites excluding steroid dienone is 2. The fourth-order valence-electron chi connectivity index (χ4n) is 2.75. The second kappa shape index (κ2) is 5.76. The smallest absolute Gasteiger partial charge is 0.225 e. The van der Waals surface area contributed by atoms with E-state index < -0.39 is 0 Å². The van der Waals surface area contributed by atoms with Crippen LogP contribution >= 0.6 is 0 Å². The van der Waals surface area contributed by atoms with E-state index in [9.17, 15) is 15.0 Å². The highest BCUT2D eigenvalue weighted by atomic mass is 16.3. The summed E-state index contributed by atoms with van der Waals surface area (Å²) in [7, 11) is 0. The molecule has 0 saturated heterocycles. The molecule has 0 bridgehead atoms. The topological polar surface area (TPSA) is 87.7 Å². The van der Waals surface area contributed by atoms with Crippen LogP contribution in [0.1, 0.15) is 16.1 Å². The number of rotatable bonds is 2. The molecule has 0 fully saturated rings. The van der Waals surface area contributed by atoms with Gasteiger partial charge in [-0.25, -0.2) is 9.56 Å². The van der Waals surface area contributed by atoms with Gasteiger partial charge in [-0.3, -0.25) is 9.78 Å². The number of benzene rings is 1. The molecule has 1 aromatic carbocycles. The third-order valence-corrected chi connectivity index (χ3v) is 3.90. The lowest BCUT2D eigenvalue weighted by molar-refractivity contribution is 0.104. The van der Waals surface area contributed by atoms with E-state index in [1.54, 1.807) is 48.7 Å². The lowest BCUT2D eigenvalue weighted by Gasteiger charge is -2.10. The number of carbonyl (C=O) groups excluding carboxylic acids is 1. The molecule has 1 aliphatic rings. The minimum atomic E-state index is -0.191. The van der Waals surface area contributed by atoms with Gasteiger partial charge in [0.05, 0.1) is 11.4 Å². The van der Waals surface area contributed by atoms with E-state index >= 15 is 0 Å². The number of hydrogen-bond donors (Lipinski definition) is 2. The summed E-state index contributed by atoms with van der Waals surface area (Å²) in [4.78, 5) is 20.4. The second-order valence-corrected chi connectivity index (χ2v) is 5.48. The molecule has 0 atom stereocenters. The van der Waals surface area contributed by atoms with Gasteiger partial charge in [-0.15, -0.1) is 0 Å². The van der Waals surface area contributed by atoms with Crippen LogP contribution in [0.3, 0.4) is 0 Å². The first kappa shape index (κ1) is 14.9. The van der Waals surface area contributed by atoms with E-state index in [1.807, 2.05) is 6.07 Å². The van der Waals surface area contributed by atoms with E-state index in [0.717, 1.165) is 0 Å². The number of aromatic hydroxyl groups is 2. The number of nitrogens with zero attached hydrogens (tertiary/aromatic N) is 3. The molecule has 25 heavy (non-hydrogen) atoms. The summed E-state index contributed by atoms with van der Waals surface area (Å²) in [5.41, 5.74) is 2.20. The van der Waals surface area contributed by atoms with Gasteiger partial charge in [0.2, 0.25) is 17.5 Å². The maximum Gasteiger partial charge on any atom is 0.225 e. The van der Waals surface area contributed by atoms with Gasteiger partial charge < -0.3 is 10.2 Å². The highest BCUT2D eigenvalue weighted by molar-refractivity contribution is 6.23. The molecule has 0 saturated carbocycles. The Kier molecular flexibility index (Phi) is 3.43. The minimum absolute atomic E-state index is 0.134. The van der Waals surface area contributed by atoms with Crippen LogP contribution in [-0.2, 0) is 0 Å². The molecule has 0 aliphatic heterocycles. The summed E-state index contributed by atoms with van der Waals surface area (Å²) in [6.45, 7) is 0. The molecule has 3 aromatic rings. The van der Waals surface area contributed by atoms with E-state index in [0.29, 0.717) is 22.7 Å². The second-order valence-electron chi connectivity index (χ2n) is 5.48. The number of ketones is 1. The van der Waals surface area contributed by atoms with Crippen molar-refractivity contribution in [3.63, 3.8) is 0 Å². The Labute approximate surface area is 143 Å². The van der Waals surface area contributed by atoms with Crippen molar-refractivity contribution in [1.82, 2.24) is 9.55 Å². The number of carbonyl (C=O) groups is 1. The molecule has 0 unspecified atom stereocenters. The van der Waals surface area contributed by atoms with Gasteiger partial charge in [0, 0.05) is 17.8 Å². The highest BCUT2D eigenvalue weighted by Crippen LogP contribution is 2.38. The molecule has 2 N–H and O–H groups in total. The van der Waals surface area contributed by atoms with Crippen LogP contribution in [0.2, 0.25) is 0 Å². The fourth-order valence-corrected chi connectivity index (χ4v) is 2.75. The van der Waals surface area contributed by atoms with Gasteiger partial charge in [0.25, 0.3) is 0 Å². The van der Waals surface area contributed by atoms with Gasteiger partial charge in [0.1, 0.15) is 11.4 Å². The Balaban J connectivity index is 1.84. The average Bonchev–Trinajstić information content (AvgIpc) is 2.92. The Morgan fingerprint density at radius 2 is 1.80 bits per heavy atom. The van der Waals surface area contributed by atoms with Gasteiger partial charge >= 0.3 is 0 Å². The van der Waals surface area contributed by atoms with Crippen molar-refractivity contribution in [2.24, 2.45) is 4.99 Å². The zero-order chi connectivity index (χ0) is 17.4. The largest absolute Gasteiger partial charge is 0.494 e. The van der Waals surface area contributed by atoms with Crippen molar-refractivity contribution < 1.29 is 15.0 Å². The number of aromatic nitrogens is 2. The zero-order valence-electron chi connectivity index (χ0n) is 13.0. The van der Waals surface area contributed by atoms with Crippen LogP contribution in [0.15, 0.2) is 71.9 Å². The lowest BCUT2D eigenvalue weighted by atomic mass is 9.99. The maximum atomic E-state index is 11.9. The summed E-state index contributed by atoms with van der Waals surface area (Å²) in [6, 6.07) is 13.8. The van der Waals surface area contributed by atoms with Crippen LogP contribution in [0.25, 0.3) is 5.69 Å². The monoisotopic (exact) mass is 331 g/mol. The first-order valence-corrected chi connectivity index (χ1v) is 7.61. The molecule has 2 heterocycles. The molecule has 0 amide bonds. The van der Waals surface area contributed by atoms with Crippen molar-refractivity contribution in [3.05, 3.63) is 78.1 Å². The van der Waals surface area contributed by atoms with E-state index in [-0.39, 0.29) is 23.2 Å². The third-order valence-electron chi connectivity index (χ3n) is 3.90. The standard InChI is InChI=1S/C19H13N3O3/c23-16-9-8-14(13-7-4-10-20-18(13)16)21-15-11-17(24)22(19(15)25)12-5-2-1-3-6-12/h1-11,24-25H. The molecular weight excluding hydrogens is 318 g/mol. The summed E-state index contributed by atoms with van der Waals surface area (Å²) in [5.74, 6) is -0.513. The molecule has 6 nitrogen and oxygen atoms in total. The molecular formula is C19H13N3O3. The number of para-hydroxylation sites is 1. The van der Waals surface area contributed by atoms with Crippen molar-refractivity contribution in [3.8, 4) is 17.4 Å². The fraction of sp³-hybridized carbons (Fsp3) is 0. The minimum Gasteiger partial charge on any atom is -0.494 e. The van der Waals surface area contributed by atoms with Crippen molar-refractivity contribution >= 4 is 17.2 Å². The summed E-state index contributed by atoms with van der Waals surface area (Å²) >= 11 is 0. The molecule has 6 heteroatoms.